The van der Waals surface area contributed by atoms with E-state index in [9.17, 15) is 9.90 Å². The van der Waals surface area contributed by atoms with Gasteiger partial charge in [0, 0.05) is 6.42 Å². The third-order valence-corrected chi connectivity index (χ3v) is 10.5. The third-order valence-electron chi connectivity index (χ3n) is 10.5. The molecule has 0 heterocycles. The van der Waals surface area contributed by atoms with E-state index in [2.05, 4.69) is 20.8 Å². The minimum absolute atomic E-state index is 0.0363. The highest BCUT2D eigenvalue weighted by Gasteiger charge is 2.63. The van der Waals surface area contributed by atoms with Crippen LogP contribution in [0.4, 0.5) is 0 Å². The maximum Gasteiger partial charge on any atom is 0.305 e. The molecule has 4 aliphatic rings. The summed E-state index contributed by atoms with van der Waals surface area (Å²) in [5, 5.41) is 11.5. The second-order valence-electron chi connectivity index (χ2n) is 11.3. The SMILES string of the molecule is COC(=O)CC[C@@H](C)[C@H]1CC[C@H]2[C@@H]3CCC4CCCC[C@]4(C)[C@H]3C[C@@H](O)[C@]12C. The molecule has 1 N–H and O–H groups in total. The maximum absolute atomic E-state index is 11.6. The molecule has 4 rings (SSSR count). The molecule has 0 spiro atoms. The molecule has 4 aliphatic carbocycles. The van der Waals surface area contributed by atoms with Crippen LogP contribution in [0, 0.1) is 46.3 Å². The van der Waals surface area contributed by atoms with Crippen LogP contribution in [0.2, 0.25) is 0 Å². The summed E-state index contributed by atoms with van der Waals surface area (Å²) < 4.78 is 4.86. The van der Waals surface area contributed by atoms with E-state index in [0.717, 1.165) is 30.6 Å². The smallest absolute Gasteiger partial charge is 0.305 e. The molecule has 0 aliphatic heterocycles. The highest BCUT2D eigenvalue weighted by atomic mass is 16.5. The van der Waals surface area contributed by atoms with E-state index in [4.69, 9.17) is 4.74 Å². The van der Waals surface area contributed by atoms with Crippen LogP contribution in [0.5, 0.6) is 0 Å². The molecule has 160 valence electrons. The normalized spacial score (nSPS) is 48.9. The van der Waals surface area contributed by atoms with Crippen LogP contribution < -0.4 is 0 Å². The van der Waals surface area contributed by atoms with E-state index in [1.807, 2.05) is 0 Å². The lowest BCUT2D eigenvalue weighted by Gasteiger charge is -2.62. The lowest BCUT2D eigenvalue weighted by molar-refractivity contribution is -0.168. The topological polar surface area (TPSA) is 46.5 Å². The van der Waals surface area contributed by atoms with Gasteiger partial charge >= 0.3 is 5.97 Å². The number of rotatable bonds is 4. The second kappa shape index (κ2) is 7.60. The van der Waals surface area contributed by atoms with E-state index in [1.165, 1.54) is 58.5 Å². The zero-order chi connectivity index (χ0) is 20.1. The van der Waals surface area contributed by atoms with Crippen molar-refractivity contribution in [3.8, 4) is 0 Å². The van der Waals surface area contributed by atoms with Gasteiger partial charge in [-0.1, -0.05) is 33.6 Å². The molecule has 4 fully saturated rings. The van der Waals surface area contributed by atoms with Crippen molar-refractivity contribution in [3.05, 3.63) is 0 Å². The average Bonchev–Trinajstić information content (AvgIpc) is 3.05. The molecule has 28 heavy (non-hydrogen) atoms. The molecule has 0 aromatic rings. The number of hydrogen-bond acceptors (Lipinski definition) is 3. The summed E-state index contributed by atoms with van der Waals surface area (Å²) >= 11 is 0. The Hall–Kier alpha value is -0.570. The van der Waals surface area contributed by atoms with Gasteiger partial charge in [0.15, 0.2) is 0 Å². The molecule has 0 aromatic heterocycles. The zero-order valence-electron chi connectivity index (χ0n) is 18.6. The Labute approximate surface area is 172 Å². The Balaban J connectivity index is 1.54. The Morgan fingerprint density at radius 1 is 1.11 bits per heavy atom. The fourth-order valence-corrected chi connectivity index (χ4v) is 8.87. The number of esters is 1. The van der Waals surface area contributed by atoms with Gasteiger partial charge in [0.25, 0.3) is 0 Å². The van der Waals surface area contributed by atoms with Gasteiger partial charge in [0.2, 0.25) is 0 Å². The predicted octanol–water partition coefficient (Wildman–Crippen LogP) is 5.60. The van der Waals surface area contributed by atoms with Gasteiger partial charge < -0.3 is 9.84 Å². The first-order chi connectivity index (χ1) is 13.3. The third kappa shape index (κ3) is 3.06. The number of aliphatic hydroxyl groups is 1. The number of hydrogen-bond donors (Lipinski definition) is 1. The summed E-state index contributed by atoms with van der Waals surface area (Å²) in [5.74, 6) is 4.02. The highest BCUT2D eigenvalue weighted by Crippen LogP contribution is 2.68. The molecule has 3 nitrogen and oxygen atoms in total. The van der Waals surface area contributed by atoms with Crippen molar-refractivity contribution in [1.82, 2.24) is 0 Å². The fraction of sp³-hybridized carbons (Fsp3) is 0.960. The largest absolute Gasteiger partial charge is 0.469 e. The van der Waals surface area contributed by atoms with Gasteiger partial charge in [-0.25, -0.2) is 0 Å². The van der Waals surface area contributed by atoms with Crippen LogP contribution in [0.3, 0.4) is 0 Å². The summed E-state index contributed by atoms with van der Waals surface area (Å²) in [6.45, 7) is 7.29. The van der Waals surface area contributed by atoms with Gasteiger partial charge in [0.1, 0.15) is 0 Å². The molecule has 4 saturated carbocycles. The Morgan fingerprint density at radius 3 is 2.64 bits per heavy atom. The minimum atomic E-state index is -0.177. The maximum atomic E-state index is 11.6. The fourth-order valence-electron chi connectivity index (χ4n) is 8.87. The Morgan fingerprint density at radius 2 is 1.89 bits per heavy atom. The van der Waals surface area contributed by atoms with Gasteiger partial charge in [-0.15, -0.1) is 0 Å². The van der Waals surface area contributed by atoms with Crippen LogP contribution in [-0.2, 0) is 9.53 Å². The standard InChI is InChI=1S/C25H42O3/c1-16(8-13-23(27)28-4)19-11-12-20-18-10-9-17-7-5-6-14-24(17,2)21(18)15-22(26)25(19,20)3/h16-22,26H,5-15H2,1-4H3/t16-,17?,18+,19-,20+,21+,22-,24+,25-/m1/s1. The lowest BCUT2D eigenvalue weighted by Crippen LogP contribution is -2.58. The van der Waals surface area contributed by atoms with Crippen molar-refractivity contribution in [2.75, 3.05) is 7.11 Å². The van der Waals surface area contributed by atoms with E-state index >= 15 is 0 Å². The zero-order valence-corrected chi connectivity index (χ0v) is 18.6. The molecule has 0 saturated heterocycles. The first kappa shape index (κ1) is 20.7. The van der Waals surface area contributed by atoms with Crippen molar-refractivity contribution in [1.29, 1.82) is 0 Å². The van der Waals surface area contributed by atoms with E-state index in [1.54, 1.807) is 0 Å². The molecule has 1 unspecified atom stereocenters. The first-order valence-electron chi connectivity index (χ1n) is 12.1. The monoisotopic (exact) mass is 390 g/mol. The van der Waals surface area contributed by atoms with Crippen molar-refractivity contribution in [3.63, 3.8) is 0 Å². The van der Waals surface area contributed by atoms with Crippen molar-refractivity contribution >= 4 is 5.97 Å². The number of carbonyl (C=O) groups excluding carboxylic acids is 1. The van der Waals surface area contributed by atoms with Gasteiger partial charge in [-0.05, 0) is 97.7 Å². The summed E-state index contributed by atoms with van der Waals surface area (Å²) in [5.41, 5.74) is 0.507. The second-order valence-corrected chi connectivity index (χ2v) is 11.3. The molecule has 3 heteroatoms. The minimum Gasteiger partial charge on any atom is -0.469 e. The highest BCUT2D eigenvalue weighted by molar-refractivity contribution is 5.69. The Bertz CT molecular complexity index is 588. The first-order valence-corrected chi connectivity index (χ1v) is 12.1. The number of ether oxygens (including phenoxy) is 1. The van der Waals surface area contributed by atoms with Crippen LogP contribution in [0.1, 0.15) is 91.4 Å². The molecule has 0 bridgehead atoms. The van der Waals surface area contributed by atoms with Gasteiger partial charge in [0.05, 0.1) is 13.2 Å². The van der Waals surface area contributed by atoms with Crippen molar-refractivity contribution in [2.45, 2.75) is 97.5 Å². The van der Waals surface area contributed by atoms with Crippen LogP contribution >= 0.6 is 0 Å². The molecule has 0 radical (unpaired) electrons. The molecule has 9 atom stereocenters. The van der Waals surface area contributed by atoms with Crippen molar-refractivity contribution < 1.29 is 14.6 Å². The number of carbonyl (C=O) groups is 1. The molecule has 0 amide bonds. The summed E-state index contributed by atoms with van der Waals surface area (Å²) in [6, 6.07) is 0. The predicted molar refractivity (Wildman–Crippen MR) is 112 cm³/mol. The number of aliphatic hydroxyl groups excluding tert-OH is 1. The lowest BCUT2D eigenvalue weighted by atomic mass is 9.44. The van der Waals surface area contributed by atoms with Gasteiger partial charge in [-0.2, -0.15) is 0 Å². The van der Waals surface area contributed by atoms with Crippen LogP contribution in [0.25, 0.3) is 0 Å². The van der Waals surface area contributed by atoms with Gasteiger partial charge in [-0.3, -0.25) is 4.79 Å². The van der Waals surface area contributed by atoms with Crippen LogP contribution in [0.15, 0.2) is 0 Å². The van der Waals surface area contributed by atoms with E-state index in [-0.39, 0.29) is 17.5 Å². The quantitative estimate of drug-likeness (QED) is 0.636. The Kier molecular flexibility index (Phi) is 5.61. The molecule has 0 aromatic carbocycles. The number of fused-ring (bicyclic) bond motifs is 5. The van der Waals surface area contributed by atoms with E-state index in [0.29, 0.717) is 29.6 Å². The summed E-state index contributed by atoms with van der Waals surface area (Å²) in [7, 11) is 1.48. The molecular formula is C25H42O3. The van der Waals surface area contributed by atoms with Crippen molar-refractivity contribution in [2.24, 2.45) is 46.3 Å². The van der Waals surface area contributed by atoms with Crippen LogP contribution in [-0.4, -0.2) is 24.3 Å². The average molecular weight is 391 g/mol. The molecular weight excluding hydrogens is 348 g/mol. The number of methoxy groups -OCH3 is 1. The van der Waals surface area contributed by atoms with E-state index < -0.39 is 0 Å². The summed E-state index contributed by atoms with van der Waals surface area (Å²) in [4.78, 5) is 11.6. The summed E-state index contributed by atoms with van der Waals surface area (Å²) in [6.07, 6.45) is 13.2.